The van der Waals surface area contributed by atoms with Gasteiger partial charge in [-0.2, -0.15) is 0 Å². The molecule has 1 heterocycles. The molecule has 0 spiro atoms. The predicted molar refractivity (Wildman–Crippen MR) is 81.1 cm³/mol. The van der Waals surface area contributed by atoms with Gasteiger partial charge in [0.25, 0.3) is 0 Å². The lowest BCUT2D eigenvalue weighted by molar-refractivity contribution is -0.110. The topological polar surface area (TPSA) is 29.5 Å². The van der Waals surface area contributed by atoms with Crippen LogP contribution in [-0.4, -0.2) is 16.3 Å². The lowest BCUT2D eigenvalue weighted by Gasteiger charge is -2.38. The molecule has 0 aromatic heterocycles. The maximum absolute atomic E-state index is 11.1. The molecular formula is C16H23BrO2. The zero-order valence-corrected chi connectivity index (χ0v) is 13.9. The van der Waals surface area contributed by atoms with E-state index in [9.17, 15) is 5.11 Å². The Morgan fingerprint density at radius 1 is 1.32 bits per heavy atom. The summed E-state index contributed by atoms with van der Waals surface area (Å²) in [6.45, 7) is 10.2. The van der Waals surface area contributed by atoms with Gasteiger partial charge in [0.05, 0.1) is 16.8 Å². The van der Waals surface area contributed by atoms with Gasteiger partial charge in [-0.05, 0) is 58.7 Å². The Hall–Kier alpha value is -0.380. The fourth-order valence-electron chi connectivity index (χ4n) is 3.44. The fraction of sp³-hybridized carbons (Fsp3) is 0.625. The van der Waals surface area contributed by atoms with Crippen molar-refractivity contribution in [3.05, 3.63) is 34.3 Å². The van der Waals surface area contributed by atoms with Crippen molar-refractivity contribution in [2.24, 2.45) is 5.92 Å². The first-order valence-corrected chi connectivity index (χ1v) is 7.52. The summed E-state index contributed by atoms with van der Waals surface area (Å²) in [4.78, 5) is 0. The van der Waals surface area contributed by atoms with Crippen LogP contribution in [0.2, 0.25) is 0 Å². The van der Waals surface area contributed by atoms with Gasteiger partial charge in [-0.15, -0.1) is 0 Å². The first-order chi connectivity index (χ1) is 8.55. The van der Waals surface area contributed by atoms with E-state index in [2.05, 4.69) is 43.6 Å². The van der Waals surface area contributed by atoms with Gasteiger partial charge in [0.1, 0.15) is 0 Å². The first kappa shape index (κ1) is 15.0. The summed E-state index contributed by atoms with van der Waals surface area (Å²) in [5, 5.41) is 11.1. The maximum Gasteiger partial charge on any atom is 0.0925 e. The van der Waals surface area contributed by atoms with Gasteiger partial charge in [0, 0.05) is 10.4 Å². The van der Waals surface area contributed by atoms with Crippen molar-refractivity contribution in [1.29, 1.82) is 0 Å². The lowest BCUT2D eigenvalue weighted by atomic mass is 9.72. The van der Waals surface area contributed by atoms with Gasteiger partial charge in [0.15, 0.2) is 0 Å². The SMILES string of the molecule is CC1(C)CC(C(C)(O)c2cccc(Br)c2)C(C)(C)O1. The fourth-order valence-corrected chi connectivity index (χ4v) is 3.84. The molecule has 1 fully saturated rings. The molecule has 19 heavy (non-hydrogen) atoms. The van der Waals surface area contributed by atoms with Crippen LogP contribution in [0.15, 0.2) is 28.7 Å². The molecule has 0 aliphatic carbocycles. The van der Waals surface area contributed by atoms with Crippen LogP contribution >= 0.6 is 15.9 Å². The molecule has 0 radical (unpaired) electrons. The number of benzene rings is 1. The van der Waals surface area contributed by atoms with Crippen LogP contribution in [0.4, 0.5) is 0 Å². The van der Waals surface area contributed by atoms with Crippen LogP contribution in [-0.2, 0) is 10.3 Å². The van der Waals surface area contributed by atoms with E-state index in [-0.39, 0.29) is 17.1 Å². The van der Waals surface area contributed by atoms with Crippen LogP contribution in [0.1, 0.15) is 46.6 Å². The van der Waals surface area contributed by atoms with Gasteiger partial charge in [-0.25, -0.2) is 0 Å². The van der Waals surface area contributed by atoms with Crippen molar-refractivity contribution < 1.29 is 9.84 Å². The third-order valence-electron chi connectivity index (χ3n) is 4.16. The van der Waals surface area contributed by atoms with Gasteiger partial charge in [-0.3, -0.25) is 0 Å². The molecule has 2 rings (SSSR count). The van der Waals surface area contributed by atoms with E-state index in [4.69, 9.17) is 4.74 Å². The van der Waals surface area contributed by atoms with E-state index in [0.717, 1.165) is 16.5 Å². The monoisotopic (exact) mass is 326 g/mol. The molecule has 0 amide bonds. The molecule has 1 N–H and O–H groups in total. The van der Waals surface area contributed by atoms with Crippen LogP contribution in [0, 0.1) is 5.92 Å². The summed E-state index contributed by atoms with van der Waals surface area (Å²) in [6.07, 6.45) is 0.847. The average Bonchev–Trinajstić information content (AvgIpc) is 2.47. The molecule has 3 heteroatoms. The number of ether oxygens (including phenoxy) is 1. The van der Waals surface area contributed by atoms with Crippen LogP contribution < -0.4 is 0 Å². The predicted octanol–water partition coefficient (Wildman–Crippen LogP) is 4.25. The van der Waals surface area contributed by atoms with Crippen LogP contribution in [0.5, 0.6) is 0 Å². The number of halogens is 1. The summed E-state index contributed by atoms with van der Waals surface area (Å²) >= 11 is 3.47. The van der Waals surface area contributed by atoms with Crippen molar-refractivity contribution in [1.82, 2.24) is 0 Å². The van der Waals surface area contributed by atoms with Crippen molar-refractivity contribution in [2.45, 2.75) is 57.8 Å². The molecule has 2 nitrogen and oxygen atoms in total. The molecule has 106 valence electrons. The summed E-state index contributed by atoms with van der Waals surface area (Å²) < 4.78 is 7.10. The Balaban J connectivity index is 2.39. The molecule has 1 saturated heterocycles. The highest BCUT2D eigenvalue weighted by Gasteiger charge is 2.53. The summed E-state index contributed by atoms with van der Waals surface area (Å²) in [5.74, 6) is 0.0595. The van der Waals surface area contributed by atoms with Crippen molar-refractivity contribution in [3.8, 4) is 0 Å². The smallest absolute Gasteiger partial charge is 0.0925 e. The quantitative estimate of drug-likeness (QED) is 0.880. The van der Waals surface area contributed by atoms with E-state index in [1.165, 1.54) is 0 Å². The molecular weight excluding hydrogens is 304 g/mol. The average molecular weight is 327 g/mol. The van der Waals surface area contributed by atoms with Crippen molar-refractivity contribution in [3.63, 3.8) is 0 Å². The molecule has 0 saturated carbocycles. The van der Waals surface area contributed by atoms with Crippen LogP contribution in [0.3, 0.4) is 0 Å². The maximum atomic E-state index is 11.1. The van der Waals surface area contributed by atoms with E-state index in [1.807, 2.05) is 31.2 Å². The zero-order valence-electron chi connectivity index (χ0n) is 12.3. The second-order valence-electron chi connectivity index (χ2n) is 6.88. The molecule has 2 atom stereocenters. The number of rotatable bonds is 2. The molecule has 1 aliphatic heterocycles. The Labute approximate surface area is 124 Å². The Kier molecular flexibility index (Phi) is 3.62. The van der Waals surface area contributed by atoms with Gasteiger partial charge >= 0.3 is 0 Å². The third-order valence-corrected chi connectivity index (χ3v) is 4.66. The standard InChI is InChI=1S/C16H23BrO2/c1-14(2)10-13(15(3,4)19-14)16(5,18)11-7-6-8-12(17)9-11/h6-9,13,18H,10H2,1-5H3. The number of hydrogen-bond acceptors (Lipinski definition) is 2. The van der Waals surface area contributed by atoms with Crippen LogP contribution in [0.25, 0.3) is 0 Å². The Morgan fingerprint density at radius 3 is 2.42 bits per heavy atom. The van der Waals surface area contributed by atoms with Crippen molar-refractivity contribution >= 4 is 15.9 Å². The van der Waals surface area contributed by atoms with E-state index < -0.39 is 5.60 Å². The first-order valence-electron chi connectivity index (χ1n) is 6.73. The number of hydrogen-bond donors (Lipinski definition) is 1. The van der Waals surface area contributed by atoms with Crippen molar-refractivity contribution in [2.75, 3.05) is 0 Å². The Bertz CT molecular complexity index is 477. The summed E-state index contributed by atoms with van der Waals surface area (Å²) in [5.41, 5.74) is -0.498. The molecule has 1 aliphatic rings. The second kappa shape index (κ2) is 4.57. The van der Waals surface area contributed by atoms with Gasteiger partial charge in [0.2, 0.25) is 0 Å². The molecule has 1 aromatic rings. The summed E-state index contributed by atoms with van der Waals surface area (Å²) in [7, 11) is 0. The van der Waals surface area contributed by atoms with E-state index in [1.54, 1.807) is 0 Å². The largest absolute Gasteiger partial charge is 0.385 e. The van der Waals surface area contributed by atoms with E-state index in [0.29, 0.717) is 0 Å². The second-order valence-corrected chi connectivity index (χ2v) is 7.80. The minimum Gasteiger partial charge on any atom is -0.385 e. The highest BCUT2D eigenvalue weighted by atomic mass is 79.9. The summed E-state index contributed by atoms with van der Waals surface area (Å²) in [6, 6.07) is 7.90. The number of aliphatic hydroxyl groups is 1. The van der Waals surface area contributed by atoms with Gasteiger partial charge < -0.3 is 9.84 Å². The van der Waals surface area contributed by atoms with Gasteiger partial charge in [-0.1, -0.05) is 28.1 Å². The normalized spacial score (nSPS) is 28.1. The molecule has 1 aromatic carbocycles. The highest BCUT2D eigenvalue weighted by Crippen LogP contribution is 2.50. The zero-order chi connectivity index (χ0) is 14.5. The Morgan fingerprint density at radius 2 is 1.95 bits per heavy atom. The minimum absolute atomic E-state index is 0.0595. The third kappa shape index (κ3) is 2.88. The van der Waals surface area contributed by atoms with E-state index >= 15 is 0 Å². The molecule has 2 unspecified atom stereocenters. The molecule has 0 bridgehead atoms. The minimum atomic E-state index is -0.902. The lowest BCUT2D eigenvalue weighted by Crippen LogP contribution is -2.42. The highest BCUT2D eigenvalue weighted by molar-refractivity contribution is 9.10.